The Morgan fingerprint density at radius 1 is 0.333 bits per heavy atom. The van der Waals surface area contributed by atoms with Crippen molar-refractivity contribution in [3.8, 4) is 11.1 Å². The molecule has 2 nitrogen and oxygen atoms in total. The standard InChI is InChI=1S/C42H30N2S/c1-4-15-32(16-5-1)43(33-17-6-2-7-18-33)35-26-28-36(29-27-35)44(34-19-8-3-9-20-34)37-21-12-14-31(30-37)38-23-13-24-40-39-22-10-11-25-41(39)45-42(38)40/h1-30H. The van der Waals surface area contributed by atoms with Gasteiger partial charge >= 0.3 is 0 Å². The molecular formula is C42H30N2S. The number of hydrogen-bond donors (Lipinski definition) is 0. The summed E-state index contributed by atoms with van der Waals surface area (Å²) in [6.45, 7) is 0. The Morgan fingerprint density at radius 3 is 1.38 bits per heavy atom. The quantitative estimate of drug-likeness (QED) is 0.181. The molecule has 0 atom stereocenters. The minimum atomic E-state index is 1.10. The fourth-order valence-corrected chi connectivity index (χ4v) is 7.40. The highest BCUT2D eigenvalue weighted by Crippen LogP contribution is 2.43. The highest BCUT2D eigenvalue weighted by Gasteiger charge is 2.17. The SMILES string of the molecule is c1ccc(N(c2ccccc2)c2ccc(N(c3ccccc3)c3cccc(-c4cccc5c4sc4ccccc45)c3)cc2)cc1. The molecule has 0 bridgehead atoms. The second-order valence-corrected chi connectivity index (χ2v) is 12.1. The molecule has 0 saturated carbocycles. The highest BCUT2D eigenvalue weighted by molar-refractivity contribution is 7.26. The van der Waals surface area contributed by atoms with Crippen LogP contribution in [0, 0.1) is 0 Å². The molecule has 45 heavy (non-hydrogen) atoms. The lowest BCUT2D eigenvalue weighted by Crippen LogP contribution is -2.12. The lowest BCUT2D eigenvalue weighted by atomic mass is 10.0. The van der Waals surface area contributed by atoms with Gasteiger partial charge in [-0.15, -0.1) is 11.3 Å². The third-order valence-electron chi connectivity index (χ3n) is 8.23. The van der Waals surface area contributed by atoms with Gasteiger partial charge in [-0.25, -0.2) is 0 Å². The first-order valence-electron chi connectivity index (χ1n) is 15.2. The van der Waals surface area contributed by atoms with Gasteiger partial charge in [0, 0.05) is 54.3 Å². The van der Waals surface area contributed by atoms with E-state index in [1.165, 1.54) is 31.3 Å². The molecule has 8 aromatic rings. The summed E-state index contributed by atoms with van der Waals surface area (Å²) in [5.74, 6) is 0. The van der Waals surface area contributed by atoms with Crippen molar-refractivity contribution >= 4 is 65.6 Å². The van der Waals surface area contributed by atoms with Gasteiger partial charge in [-0.1, -0.05) is 103 Å². The van der Waals surface area contributed by atoms with Crippen LogP contribution in [-0.2, 0) is 0 Å². The minimum Gasteiger partial charge on any atom is -0.311 e. The van der Waals surface area contributed by atoms with Crippen LogP contribution in [0.25, 0.3) is 31.3 Å². The molecule has 0 saturated heterocycles. The fourth-order valence-electron chi connectivity index (χ4n) is 6.16. The summed E-state index contributed by atoms with van der Waals surface area (Å²) in [6.07, 6.45) is 0. The van der Waals surface area contributed by atoms with Gasteiger partial charge in [0.2, 0.25) is 0 Å². The van der Waals surface area contributed by atoms with Crippen LogP contribution >= 0.6 is 11.3 Å². The van der Waals surface area contributed by atoms with Gasteiger partial charge < -0.3 is 9.80 Å². The summed E-state index contributed by atoms with van der Waals surface area (Å²) in [6, 6.07) is 64.9. The van der Waals surface area contributed by atoms with Crippen molar-refractivity contribution in [2.24, 2.45) is 0 Å². The topological polar surface area (TPSA) is 6.48 Å². The van der Waals surface area contributed by atoms with Gasteiger partial charge in [-0.2, -0.15) is 0 Å². The molecular weight excluding hydrogens is 565 g/mol. The predicted octanol–water partition coefficient (Wildman–Crippen LogP) is 12.7. The van der Waals surface area contributed by atoms with Crippen molar-refractivity contribution in [2.75, 3.05) is 9.80 Å². The van der Waals surface area contributed by atoms with E-state index in [9.17, 15) is 0 Å². The van der Waals surface area contributed by atoms with Gasteiger partial charge in [0.1, 0.15) is 0 Å². The lowest BCUT2D eigenvalue weighted by molar-refractivity contribution is 1.26. The Morgan fingerprint density at radius 2 is 0.778 bits per heavy atom. The van der Waals surface area contributed by atoms with E-state index in [4.69, 9.17) is 0 Å². The molecule has 8 rings (SSSR count). The molecule has 214 valence electrons. The van der Waals surface area contributed by atoms with Crippen molar-refractivity contribution in [3.63, 3.8) is 0 Å². The number of thiophene rings is 1. The normalized spacial score (nSPS) is 11.1. The number of fused-ring (bicyclic) bond motifs is 3. The molecule has 7 aromatic carbocycles. The van der Waals surface area contributed by atoms with Crippen LogP contribution in [0.15, 0.2) is 182 Å². The zero-order valence-electron chi connectivity index (χ0n) is 24.6. The van der Waals surface area contributed by atoms with Gasteiger partial charge in [0.25, 0.3) is 0 Å². The van der Waals surface area contributed by atoms with Crippen molar-refractivity contribution in [1.29, 1.82) is 0 Å². The Hall–Kier alpha value is -5.64. The van der Waals surface area contributed by atoms with E-state index in [-0.39, 0.29) is 0 Å². The Kier molecular flexibility index (Phi) is 7.07. The van der Waals surface area contributed by atoms with Crippen molar-refractivity contribution in [2.45, 2.75) is 0 Å². The smallest absolute Gasteiger partial charge is 0.0467 e. The number of anilines is 6. The number of hydrogen-bond acceptors (Lipinski definition) is 3. The second-order valence-electron chi connectivity index (χ2n) is 11.0. The molecule has 0 N–H and O–H groups in total. The van der Waals surface area contributed by atoms with Crippen LogP contribution in [0.5, 0.6) is 0 Å². The molecule has 0 fully saturated rings. The summed E-state index contributed by atoms with van der Waals surface area (Å²) in [5.41, 5.74) is 9.16. The first-order valence-corrected chi connectivity index (χ1v) is 16.0. The van der Waals surface area contributed by atoms with Gasteiger partial charge in [-0.05, 0) is 90.0 Å². The van der Waals surface area contributed by atoms with Crippen LogP contribution in [-0.4, -0.2) is 0 Å². The minimum absolute atomic E-state index is 1.10. The first-order chi connectivity index (χ1) is 22.3. The maximum absolute atomic E-state index is 2.34. The van der Waals surface area contributed by atoms with Gasteiger partial charge in [0.05, 0.1) is 0 Å². The van der Waals surface area contributed by atoms with E-state index in [0.29, 0.717) is 0 Å². The van der Waals surface area contributed by atoms with E-state index < -0.39 is 0 Å². The van der Waals surface area contributed by atoms with Crippen molar-refractivity contribution in [1.82, 2.24) is 0 Å². The second kappa shape index (κ2) is 11.8. The number of benzene rings is 7. The van der Waals surface area contributed by atoms with Gasteiger partial charge in [0.15, 0.2) is 0 Å². The number of rotatable bonds is 7. The Bertz CT molecular complexity index is 2170. The van der Waals surface area contributed by atoms with Crippen LogP contribution in [0.3, 0.4) is 0 Å². The number of para-hydroxylation sites is 3. The largest absolute Gasteiger partial charge is 0.311 e. The summed E-state index contributed by atoms with van der Waals surface area (Å²) in [5, 5.41) is 2.64. The molecule has 0 spiro atoms. The van der Waals surface area contributed by atoms with E-state index in [1.54, 1.807) is 0 Å². The molecule has 0 unspecified atom stereocenters. The zero-order valence-corrected chi connectivity index (χ0v) is 25.4. The molecule has 0 amide bonds. The third-order valence-corrected chi connectivity index (χ3v) is 9.45. The summed E-state index contributed by atoms with van der Waals surface area (Å²) in [7, 11) is 0. The van der Waals surface area contributed by atoms with Crippen LogP contribution in [0.2, 0.25) is 0 Å². The number of nitrogens with zero attached hydrogens (tertiary/aromatic N) is 2. The van der Waals surface area contributed by atoms with Crippen LogP contribution in [0.1, 0.15) is 0 Å². The molecule has 0 aliphatic carbocycles. The van der Waals surface area contributed by atoms with Crippen LogP contribution < -0.4 is 9.80 Å². The molecule has 0 radical (unpaired) electrons. The maximum atomic E-state index is 2.34. The zero-order chi connectivity index (χ0) is 30.0. The Balaban J connectivity index is 1.22. The Labute approximate surface area is 267 Å². The first kappa shape index (κ1) is 26.9. The molecule has 0 aliphatic heterocycles. The van der Waals surface area contributed by atoms with E-state index in [1.807, 2.05) is 11.3 Å². The lowest BCUT2D eigenvalue weighted by Gasteiger charge is -2.28. The van der Waals surface area contributed by atoms with Crippen molar-refractivity contribution < 1.29 is 0 Å². The summed E-state index contributed by atoms with van der Waals surface area (Å²) < 4.78 is 2.65. The monoisotopic (exact) mass is 594 g/mol. The average molecular weight is 595 g/mol. The molecule has 1 heterocycles. The fraction of sp³-hybridized carbons (Fsp3) is 0. The summed E-state index contributed by atoms with van der Waals surface area (Å²) in [4.78, 5) is 4.64. The van der Waals surface area contributed by atoms with Crippen molar-refractivity contribution in [3.05, 3.63) is 182 Å². The van der Waals surface area contributed by atoms with E-state index >= 15 is 0 Å². The maximum Gasteiger partial charge on any atom is 0.0467 e. The average Bonchev–Trinajstić information content (AvgIpc) is 3.50. The van der Waals surface area contributed by atoms with Gasteiger partial charge in [-0.3, -0.25) is 0 Å². The molecule has 3 heteroatoms. The predicted molar refractivity (Wildman–Crippen MR) is 194 cm³/mol. The van der Waals surface area contributed by atoms with E-state index in [0.717, 1.165) is 34.1 Å². The highest BCUT2D eigenvalue weighted by atomic mass is 32.1. The molecule has 0 aliphatic rings. The summed E-state index contributed by atoms with van der Waals surface area (Å²) >= 11 is 1.87. The van der Waals surface area contributed by atoms with Crippen LogP contribution in [0.4, 0.5) is 34.1 Å². The van der Waals surface area contributed by atoms with E-state index in [2.05, 4.69) is 192 Å². The third kappa shape index (κ3) is 5.14. The molecule has 1 aromatic heterocycles.